The fourth-order valence-electron chi connectivity index (χ4n) is 9.23. The number of ketones is 1. The van der Waals surface area contributed by atoms with E-state index in [2.05, 4.69) is 24.3 Å². The normalized spacial score (nSPS) is 39.4. The SMILES string of the molecule is C/C(=N\OC(=O)N(CCO)CCC1NCCC1(F)F)[C@H]1CC[C@H]2[C@@H]3CCC4=CC(=O)CC[C@]4(C)[C@H]3CC[C@]12C. The number of alkyl halides is 2. The molecule has 1 heterocycles. The highest BCUT2D eigenvalue weighted by molar-refractivity contribution is 5.91. The van der Waals surface area contributed by atoms with E-state index in [1.807, 2.05) is 13.0 Å². The number of aliphatic hydroxyl groups is 1. The summed E-state index contributed by atoms with van der Waals surface area (Å²) in [6, 6.07) is -0.982. The predicted octanol–water partition coefficient (Wildman–Crippen LogP) is 5.33. The summed E-state index contributed by atoms with van der Waals surface area (Å²) in [4.78, 5) is 31.5. The van der Waals surface area contributed by atoms with Gasteiger partial charge in [0.05, 0.1) is 18.4 Å². The smallest absolute Gasteiger partial charge is 0.395 e. The molecule has 0 aromatic rings. The second-order valence-corrected chi connectivity index (χ2v) is 13.3. The number of carbonyl (C=O) groups excluding carboxylic acids is 2. The van der Waals surface area contributed by atoms with Gasteiger partial charge in [-0.15, -0.1) is 0 Å². The Morgan fingerprint density at radius 3 is 2.64 bits per heavy atom. The number of aliphatic hydroxyl groups excluding tert-OH is 1. The van der Waals surface area contributed by atoms with Crippen LogP contribution in [0.1, 0.15) is 85.0 Å². The van der Waals surface area contributed by atoms with E-state index in [1.165, 1.54) is 10.5 Å². The van der Waals surface area contributed by atoms with Gasteiger partial charge in [-0.05, 0) is 93.0 Å². The van der Waals surface area contributed by atoms with Gasteiger partial charge >= 0.3 is 6.09 Å². The number of allylic oxidation sites excluding steroid dienone is 1. The molecular formula is C30H45F2N3O4. The molecular weight excluding hydrogens is 504 g/mol. The number of hydrogen-bond acceptors (Lipinski definition) is 6. The Morgan fingerprint density at radius 1 is 1.13 bits per heavy atom. The van der Waals surface area contributed by atoms with Gasteiger partial charge in [0, 0.05) is 38.4 Å². The molecule has 5 aliphatic rings. The van der Waals surface area contributed by atoms with E-state index < -0.39 is 18.1 Å². The topological polar surface area (TPSA) is 91.2 Å². The minimum atomic E-state index is -2.79. The summed E-state index contributed by atoms with van der Waals surface area (Å²) in [6.45, 7) is 6.77. The molecule has 7 atom stereocenters. The van der Waals surface area contributed by atoms with Crippen molar-refractivity contribution in [2.75, 3.05) is 26.2 Å². The zero-order valence-corrected chi connectivity index (χ0v) is 23.7. The van der Waals surface area contributed by atoms with Crippen molar-refractivity contribution in [2.45, 2.75) is 96.9 Å². The van der Waals surface area contributed by atoms with Crippen molar-refractivity contribution in [3.05, 3.63) is 11.6 Å². The monoisotopic (exact) mass is 549 g/mol. The molecule has 0 bridgehead atoms. The van der Waals surface area contributed by atoms with Gasteiger partial charge in [0.1, 0.15) is 0 Å². The summed E-state index contributed by atoms with van der Waals surface area (Å²) in [5.41, 5.74) is 2.42. The fraction of sp³-hybridized carbons (Fsp3) is 0.833. The maximum Gasteiger partial charge on any atom is 0.436 e. The molecule has 218 valence electrons. The highest BCUT2D eigenvalue weighted by Gasteiger charge is 2.59. The second-order valence-electron chi connectivity index (χ2n) is 13.3. The molecule has 1 saturated heterocycles. The lowest BCUT2D eigenvalue weighted by atomic mass is 9.46. The minimum Gasteiger partial charge on any atom is -0.395 e. The van der Waals surface area contributed by atoms with Crippen molar-refractivity contribution < 1.29 is 28.3 Å². The molecule has 1 amide bonds. The van der Waals surface area contributed by atoms with Gasteiger partial charge in [0.25, 0.3) is 5.92 Å². The van der Waals surface area contributed by atoms with E-state index in [0.717, 1.165) is 50.7 Å². The summed E-state index contributed by atoms with van der Waals surface area (Å²) in [5, 5.41) is 16.5. The third kappa shape index (κ3) is 5.18. The van der Waals surface area contributed by atoms with E-state index in [-0.39, 0.29) is 61.6 Å². The van der Waals surface area contributed by atoms with Crippen LogP contribution in [-0.2, 0) is 9.63 Å². The maximum absolute atomic E-state index is 14.0. The van der Waals surface area contributed by atoms with Crippen LogP contribution in [0.4, 0.5) is 13.6 Å². The maximum atomic E-state index is 14.0. The van der Waals surface area contributed by atoms with Gasteiger partial charge in [-0.25, -0.2) is 13.6 Å². The molecule has 0 spiro atoms. The van der Waals surface area contributed by atoms with Crippen LogP contribution in [0.3, 0.4) is 0 Å². The molecule has 1 aliphatic heterocycles. The third-order valence-corrected chi connectivity index (χ3v) is 11.4. The summed E-state index contributed by atoms with van der Waals surface area (Å²) < 4.78 is 28.0. The summed E-state index contributed by atoms with van der Waals surface area (Å²) in [6.07, 6.45) is 9.31. The Kier molecular flexibility index (Phi) is 7.96. The molecule has 1 unspecified atom stereocenters. The number of oxime groups is 1. The molecule has 4 aliphatic carbocycles. The molecule has 5 rings (SSSR count). The quantitative estimate of drug-likeness (QED) is 0.255. The zero-order chi connectivity index (χ0) is 28.0. The van der Waals surface area contributed by atoms with Crippen molar-refractivity contribution in [3.8, 4) is 0 Å². The predicted molar refractivity (Wildman–Crippen MR) is 144 cm³/mol. The van der Waals surface area contributed by atoms with Crippen molar-refractivity contribution in [2.24, 2.45) is 39.7 Å². The number of nitrogens with one attached hydrogen (secondary N) is 1. The van der Waals surface area contributed by atoms with Gasteiger partial charge in [-0.3, -0.25) is 9.63 Å². The molecule has 0 radical (unpaired) electrons. The van der Waals surface area contributed by atoms with Crippen LogP contribution in [0, 0.1) is 34.5 Å². The lowest BCUT2D eigenvalue weighted by Crippen LogP contribution is -2.51. The first-order valence-electron chi connectivity index (χ1n) is 15.0. The van der Waals surface area contributed by atoms with Crippen molar-refractivity contribution in [1.82, 2.24) is 10.2 Å². The molecule has 2 N–H and O–H groups in total. The Morgan fingerprint density at radius 2 is 1.92 bits per heavy atom. The average Bonchev–Trinajstić information content (AvgIpc) is 3.43. The number of halogens is 2. The second kappa shape index (κ2) is 10.8. The lowest BCUT2D eigenvalue weighted by Gasteiger charge is -2.58. The average molecular weight is 550 g/mol. The highest BCUT2D eigenvalue weighted by atomic mass is 19.3. The van der Waals surface area contributed by atoms with Crippen LogP contribution in [0.25, 0.3) is 0 Å². The first kappa shape index (κ1) is 28.7. The van der Waals surface area contributed by atoms with Crippen LogP contribution in [-0.4, -0.2) is 65.8 Å². The third-order valence-electron chi connectivity index (χ3n) is 11.4. The van der Waals surface area contributed by atoms with Crippen LogP contribution < -0.4 is 5.32 Å². The van der Waals surface area contributed by atoms with E-state index in [9.17, 15) is 23.5 Å². The molecule has 4 fully saturated rings. The number of amides is 1. The van der Waals surface area contributed by atoms with E-state index in [0.29, 0.717) is 24.2 Å². The molecule has 39 heavy (non-hydrogen) atoms. The highest BCUT2D eigenvalue weighted by Crippen LogP contribution is 2.66. The number of nitrogens with zero attached hydrogens (tertiary/aromatic N) is 2. The van der Waals surface area contributed by atoms with Crippen LogP contribution in [0.5, 0.6) is 0 Å². The van der Waals surface area contributed by atoms with Crippen molar-refractivity contribution in [1.29, 1.82) is 0 Å². The Labute approximate surface area is 230 Å². The lowest BCUT2D eigenvalue weighted by molar-refractivity contribution is -0.117. The van der Waals surface area contributed by atoms with Gasteiger partial charge in [0.15, 0.2) is 5.78 Å². The molecule has 0 aromatic heterocycles. The fourth-order valence-corrected chi connectivity index (χ4v) is 9.23. The van der Waals surface area contributed by atoms with Crippen LogP contribution in [0.15, 0.2) is 16.8 Å². The van der Waals surface area contributed by atoms with Gasteiger partial charge in [-0.2, -0.15) is 0 Å². The number of fused-ring (bicyclic) bond motifs is 5. The number of rotatable bonds is 7. The molecule has 3 saturated carbocycles. The molecule has 0 aromatic carbocycles. The molecule has 9 heteroatoms. The largest absolute Gasteiger partial charge is 0.436 e. The Hall–Kier alpha value is -1.87. The summed E-state index contributed by atoms with van der Waals surface area (Å²) >= 11 is 0. The first-order chi connectivity index (χ1) is 18.5. The van der Waals surface area contributed by atoms with E-state index in [4.69, 9.17) is 4.84 Å². The Balaban J connectivity index is 1.23. The molecule has 7 nitrogen and oxygen atoms in total. The zero-order valence-electron chi connectivity index (χ0n) is 23.7. The van der Waals surface area contributed by atoms with E-state index >= 15 is 0 Å². The first-order valence-corrected chi connectivity index (χ1v) is 15.0. The van der Waals surface area contributed by atoms with E-state index in [1.54, 1.807) is 0 Å². The van der Waals surface area contributed by atoms with Crippen molar-refractivity contribution >= 4 is 17.6 Å². The summed E-state index contributed by atoms with van der Waals surface area (Å²) in [7, 11) is 0. The van der Waals surface area contributed by atoms with Crippen LogP contribution >= 0.6 is 0 Å². The summed E-state index contributed by atoms with van der Waals surface area (Å²) in [5.74, 6) is -0.437. The Bertz CT molecular complexity index is 1030. The number of hydrogen-bond donors (Lipinski definition) is 2. The van der Waals surface area contributed by atoms with Gasteiger partial charge in [-0.1, -0.05) is 24.6 Å². The van der Waals surface area contributed by atoms with Gasteiger partial charge in [0.2, 0.25) is 0 Å². The minimum absolute atomic E-state index is 0.0127. The number of carbonyl (C=O) groups is 2. The van der Waals surface area contributed by atoms with Gasteiger partial charge < -0.3 is 15.3 Å². The van der Waals surface area contributed by atoms with Crippen molar-refractivity contribution in [3.63, 3.8) is 0 Å². The van der Waals surface area contributed by atoms with Crippen LogP contribution in [0.2, 0.25) is 0 Å². The standard InChI is InChI=1S/C30H45F2N3O4/c1-19(34-39-27(38)35(16-17-36)15-10-26-30(31,32)13-14-33-26)23-6-7-24-22-5-4-20-18-21(37)8-11-28(20,2)25(22)9-12-29(23,24)3/h18,22-26,33,36H,4-17H2,1-3H3/b34-19+/t22-,23+,24-,25-,26?,28-,29+/m0/s1.